The van der Waals surface area contributed by atoms with Crippen LogP contribution < -0.4 is 10.1 Å². The first-order valence-corrected chi connectivity index (χ1v) is 10.9. The number of likely N-dealkylation sites (tertiary alicyclic amines) is 1. The molecule has 154 valence electrons. The number of nitrogens with one attached hydrogen (secondary N) is 1. The van der Waals surface area contributed by atoms with E-state index in [0.29, 0.717) is 35.1 Å². The van der Waals surface area contributed by atoms with Gasteiger partial charge in [0.25, 0.3) is 11.8 Å². The molecule has 0 spiro atoms. The van der Waals surface area contributed by atoms with Gasteiger partial charge in [-0.25, -0.2) is 0 Å². The number of carbonyl (C=O) groups is 2. The summed E-state index contributed by atoms with van der Waals surface area (Å²) in [5, 5.41) is 2.89. The Bertz CT molecular complexity index is 859. The maximum absolute atomic E-state index is 12.8. The third-order valence-electron chi connectivity index (χ3n) is 5.11. The Balaban J connectivity index is 1.67. The molecule has 0 bridgehead atoms. The SMILES string of the molecule is CCCOc1ccc(Br)cc1C(=O)Nc1ccc(C(=O)N2CCC(C)CC2)cc1. The average molecular weight is 459 g/mol. The number of rotatable bonds is 6. The normalized spacial score (nSPS) is 14.5. The van der Waals surface area contributed by atoms with Crippen LogP contribution in [0.1, 0.15) is 53.8 Å². The lowest BCUT2D eigenvalue weighted by molar-refractivity contribution is 0.0697. The lowest BCUT2D eigenvalue weighted by atomic mass is 9.98. The second-order valence-corrected chi connectivity index (χ2v) is 8.41. The van der Waals surface area contributed by atoms with E-state index in [1.807, 2.05) is 17.9 Å². The highest BCUT2D eigenvalue weighted by molar-refractivity contribution is 9.10. The van der Waals surface area contributed by atoms with Gasteiger partial charge in [0.1, 0.15) is 5.75 Å². The minimum atomic E-state index is -0.249. The molecular formula is C23H27BrN2O3. The van der Waals surface area contributed by atoms with Crippen LogP contribution in [0, 0.1) is 5.92 Å². The van der Waals surface area contributed by atoms with Gasteiger partial charge in [-0.05, 0) is 67.6 Å². The van der Waals surface area contributed by atoms with E-state index in [1.54, 1.807) is 36.4 Å². The van der Waals surface area contributed by atoms with Crippen LogP contribution in [0.5, 0.6) is 5.75 Å². The fraction of sp³-hybridized carbons (Fsp3) is 0.391. The summed E-state index contributed by atoms with van der Waals surface area (Å²) in [7, 11) is 0. The van der Waals surface area contributed by atoms with Crippen LogP contribution in [0.25, 0.3) is 0 Å². The lowest BCUT2D eigenvalue weighted by Gasteiger charge is -2.30. The minimum absolute atomic E-state index is 0.0528. The van der Waals surface area contributed by atoms with Crippen molar-refractivity contribution in [3.8, 4) is 5.75 Å². The minimum Gasteiger partial charge on any atom is -0.493 e. The van der Waals surface area contributed by atoms with E-state index in [0.717, 1.165) is 36.8 Å². The largest absolute Gasteiger partial charge is 0.493 e. The summed E-state index contributed by atoms with van der Waals surface area (Å²) in [4.78, 5) is 27.3. The second-order valence-electron chi connectivity index (χ2n) is 7.50. The van der Waals surface area contributed by atoms with Crippen molar-refractivity contribution < 1.29 is 14.3 Å². The molecule has 6 heteroatoms. The molecule has 2 amide bonds. The number of nitrogens with zero attached hydrogens (tertiary/aromatic N) is 1. The summed E-state index contributed by atoms with van der Waals surface area (Å²) in [6.07, 6.45) is 2.96. The zero-order valence-electron chi connectivity index (χ0n) is 16.9. The number of halogens is 1. The van der Waals surface area contributed by atoms with Crippen molar-refractivity contribution in [2.45, 2.75) is 33.1 Å². The molecule has 0 aliphatic carbocycles. The second kappa shape index (κ2) is 9.92. The van der Waals surface area contributed by atoms with Crippen molar-refractivity contribution in [3.05, 3.63) is 58.1 Å². The maximum Gasteiger partial charge on any atom is 0.259 e. The molecule has 3 rings (SSSR count). The summed E-state index contributed by atoms with van der Waals surface area (Å²) < 4.78 is 6.50. The van der Waals surface area contributed by atoms with Gasteiger partial charge in [0, 0.05) is 28.8 Å². The first-order chi connectivity index (χ1) is 14.0. The van der Waals surface area contributed by atoms with Gasteiger partial charge >= 0.3 is 0 Å². The fourth-order valence-corrected chi connectivity index (χ4v) is 3.67. The number of hydrogen-bond donors (Lipinski definition) is 1. The summed E-state index contributed by atoms with van der Waals surface area (Å²) >= 11 is 3.41. The molecule has 1 heterocycles. The molecule has 1 aliphatic rings. The van der Waals surface area contributed by atoms with Crippen LogP contribution in [-0.4, -0.2) is 36.4 Å². The molecule has 29 heavy (non-hydrogen) atoms. The van der Waals surface area contributed by atoms with Gasteiger partial charge in [-0.3, -0.25) is 9.59 Å². The number of amides is 2. The fourth-order valence-electron chi connectivity index (χ4n) is 3.31. The molecule has 1 saturated heterocycles. The topological polar surface area (TPSA) is 58.6 Å². The Kier molecular flexibility index (Phi) is 7.31. The molecule has 1 fully saturated rings. The third-order valence-corrected chi connectivity index (χ3v) is 5.60. The van der Waals surface area contributed by atoms with Crippen molar-refractivity contribution in [1.82, 2.24) is 4.90 Å². The van der Waals surface area contributed by atoms with Crippen LogP contribution in [0.15, 0.2) is 46.9 Å². The average Bonchev–Trinajstić information content (AvgIpc) is 2.73. The van der Waals surface area contributed by atoms with Gasteiger partial charge in [-0.1, -0.05) is 29.8 Å². The van der Waals surface area contributed by atoms with Crippen LogP contribution in [0.2, 0.25) is 0 Å². The molecule has 1 N–H and O–H groups in total. The van der Waals surface area contributed by atoms with Gasteiger partial charge in [0.2, 0.25) is 0 Å². The molecule has 0 unspecified atom stereocenters. The molecule has 0 saturated carbocycles. The van der Waals surface area contributed by atoms with E-state index < -0.39 is 0 Å². The van der Waals surface area contributed by atoms with E-state index in [1.165, 1.54) is 0 Å². The summed E-state index contributed by atoms with van der Waals surface area (Å²) in [5.41, 5.74) is 1.75. The van der Waals surface area contributed by atoms with Crippen LogP contribution in [-0.2, 0) is 0 Å². The van der Waals surface area contributed by atoms with Crippen LogP contribution >= 0.6 is 15.9 Å². The molecule has 0 aromatic heterocycles. The monoisotopic (exact) mass is 458 g/mol. The Morgan fingerprint density at radius 3 is 2.48 bits per heavy atom. The number of benzene rings is 2. The highest BCUT2D eigenvalue weighted by Crippen LogP contribution is 2.25. The van der Waals surface area contributed by atoms with E-state index in [4.69, 9.17) is 4.74 Å². The van der Waals surface area contributed by atoms with Gasteiger partial charge in [-0.2, -0.15) is 0 Å². The van der Waals surface area contributed by atoms with Gasteiger partial charge in [0.15, 0.2) is 0 Å². The third kappa shape index (κ3) is 5.60. The summed E-state index contributed by atoms with van der Waals surface area (Å²) in [6.45, 7) is 6.41. The molecule has 2 aromatic carbocycles. The van der Waals surface area contributed by atoms with Crippen molar-refractivity contribution in [1.29, 1.82) is 0 Å². The highest BCUT2D eigenvalue weighted by atomic mass is 79.9. The van der Waals surface area contributed by atoms with Crippen molar-refractivity contribution in [2.24, 2.45) is 5.92 Å². The molecule has 1 aliphatic heterocycles. The smallest absolute Gasteiger partial charge is 0.259 e. The standard InChI is InChI=1S/C23H27BrN2O3/c1-3-14-29-21-9-6-18(24)15-20(21)22(27)25-19-7-4-17(5-8-19)23(28)26-12-10-16(2)11-13-26/h4-9,15-16H,3,10-14H2,1-2H3,(H,25,27). The molecule has 0 atom stereocenters. The van der Waals surface area contributed by atoms with Crippen LogP contribution in [0.4, 0.5) is 5.69 Å². The first-order valence-electron chi connectivity index (χ1n) is 10.1. The quantitative estimate of drug-likeness (QED) is 0.633. The molecule has 2 aromatic rings. The Morgan fingerprint density at radius 2 is 1.83 bits per heavy atom. The Morgan fingerprint density at radius 1 is 1.14 bits per heavy atom. The van der Waals surface area contributed by atoms with Crippen molar-refractivity contribution in [2.75, 3.05) is 25.0 Å². The van der Waals surface area contributed by atoms with E-state index in [-0.39, 0.29) is 11.8 Å². The number of anilines is 1. The van der Waals surface area contributed by atoms with Gasteiger partial charge in [-0.15, -0.1) is 0 Å². The Hall–Kier alpha value is -2.34. The molecule has 0 radical (unpaired) electrons. The van der Waals surface area contributed by atoms with Crippen molar-refractivity contribution in [3.63, 3.8) is 0 Å². The van der Waals surface area contributed by atoms with E-state index >= 15 is 0 Å². The van der Waals surface area contributed by atoms with Gasteiger partial charge < -0.3 is 15.0 Å². The van der Waals surface area contributed by atoms with Gasteiger partial charge in [0.05, 0.1) is 12.2 Å². The van der Waals surface area contributed by atoms with E-state index in [2.05, 4.69) is 28.2 Å². The highest BCUT2D eigenvalue weighted by Gasteiger charge is 2.21. The number of carbonyl (C=O) groups excluding carboxylic acids is 2. The predicted octanol–water partition coefficient (Wildman–Crippen LogP) is 5.36. The zero-order valence-corrected chi connectivity index (χ0v) is 18.5. The Labute approximate surface area is 180 Å². The molecular weight excluding hydrogens is 432 g/mol. The van der Waals surface area contributed by atoms with Crippen molar-refractivity contribution >= 4 is 33.4 Å². The zero-order chi connectivity index (χ0) is 20.8. The summed E-state index contributed by atoms with van der Waals surface area (Å²) in [6, 6.07) is 12.5. The van der Waals surface area contributed by atoms with E-state index in [9.17, 15) is 9.59 Å². The first kappa shape index (κ1) is 21.4. The predicted molar refractivity (Wildman–Crippen MR) is 119 cm³/mol. The number of ether oxygens (including phenoxy) is 1. The number of hydrogen-bond acceptors (Lipinski definition) is 3. The number of piperidine rings is 1. The van der Waals surface area contributed by atoms with Crippen LogP contribution in [0.3, 0.4) is 0 Å². The molecule has 5 nitrogen and oxygen atoms in total. The summed E-state index contributed by atoms with van der Waals surface area (Å²) in [5.74, 6) is 1.04. The lowest BCUT2D eigenvalue weighted by Crippen LogP contribution is -2.37. The maximum atomic E-state index is 12.8.